The Morgan fingerprint density at radius 3 is 2.71 bits per heavy atom. The second kappa shape index (κ2) is 9.46. The van der Waals surface area contributed by atoms with Gasteiger partial charge in [0.15, 0.2) is 10.8 Å². The van der Waals surface area contributed by atoms with E-state index in [4.69, 9.17) is 21.3 Å². The molecule has 1 aromatic heterocycles. The van der Waals surface area contributed by atoms with Crippen molar-refractivity contribution in [1.29, 1.82) is 0 Å². The van der Waals surface area contributed by atoms with E-state index < -0.39 is 23.2 Å². The van der Waals surface area contributed by atoms with Gasteiger partial charge >= 0.3 is 5.97 Å². The Morgan fingerprint density at radius 1 is 1.32 bits per heavy atom. The third kappa shape index (κ3) is 4.72. The first kappa shape index (κ1) is 24.3. The second-order valence-electron chi connectivity index (χ2n) is 9.31. The minimum absolute atomic E-state index is 0.0537. The van der Waals surface area contributed by atoms with E-state index in [1.54, 1.807) is 6.20 Å². The molecule has 1 N–H and O–H groups in total. The predicted molar refractivity (Wildman–Crippen MR) is 129 cm³/mol. The van der Waals surface area contributed by atoms with Crippen LogP contribution < -0.4 is 5.32 Å². The molecular formula is C24H26ClFN4O3S. The van der Waals surface area contributed by atoms with E-state index in [2.05, 4.69) is 10.3 Å². The van der Waals surface area contributed by atoms with Gasteiger partial charge in [-0.2, -0.15) is 0 Å². The molecule has 2 unspecified atom stereocenters. The van der Waals surface area contributed by atoms with Crippen LogP contribution in [0.2, 0.25) is 5.02 Å². The van der Waals surface area contributed by atoms with Gasteiger partial charge in [0, 0.05) is 52.3 Å². The fourth-order valence-electron chi connectivity index (χ4n) is 4.27. The van der Waals surface area contributed by atoms with Crippen molar-refractivity contribution in [3.63, 3.8) is 0 Å². The van der Waals surface area contributed by atoms with Gasteiger partial charge in [-0.05, 0) is 18.6 Å². The highest BCUT2D eigenvalue weighted by Crippen LogP contribution is 2.40. The van der Waals surface area contributed by atoms with E-state index in [1.165, 1.54) is 36.6 Å². The molecule has 1 amide bonds. The normalized spacial score (nSPS) is 20.8. The van der Waals surface area contributed by atoms with Crippen LogP contribution in [0.1, 0.15) is 43.8 Å². The van der Waals surface area contributed by atoms with E-state index in [1.807, 2.05) is 31.1 Å². The van der Waals surface area contributed by atoms with Crippen LogP contribution in [0.15, 0.2) is 46.0 Å². The molecule has 0 bridgehead atoms. The highest BCUT2D eigenvalue weighted by molar-refractivity contribution is 7.11. The van der Waals surface area contributed by atoms with Crippen molar-refractivity contribution >= 4 is 40.6 Å². The largest absolute Gasteiger partial charge is 0.466 e. The maximum Gasteiger partial charge on any atom is 0.338 e. The zero-order valence-electron chi connectivity index (χ0n) is 19.4. The molecule has 7 nitrogen and oxygen atoms in total. The van der Waals surface area contributed by atoms with Gasteiger partial charge in [-0.1, -0.05) is 38.4 Å². The number of likely N-dealkylation sites (tertiary alicyclic amines) is 1. The number of hydrogen-bond donors (Lipinski definition) is 1. The smallest absolute Gasteiger partial charge is 0.338 e. The number of amides is 1. The van der Waals surface area contributed by atoms with Gasteiger partial charge in [-0.3, -0.25) is 9.79 Å². The molecule has 0 spiro atoms. The summed E-state index contributed by atoms with van der Waals surface area (Å²) in [6.07, 6.45) is 2.34. The lowest BCUT2D eigenvalue weighted by molar-refractivity contribution is -0.138. The van der Waals surface area contributed by atoms with Gasteiger partial charge in [0.2, 0.25) is 5.91 Å². The number of hydrogen-bond acceptors (Lipinski definition) is 7. The summed E-state index contributed by atoms with van der Waals surface area (Å²) in [6.45, 7) is 6.70. The summed E-state index contributed by atoms with van der Waals surface area (Å²) in [5.41, 5.74) is 0.900. The zero-order chi connectivity index (χ0) is 24.6. The van der Waals surface area contributed by atoms with Crippen molar-refractivity contribution in [2.75, 3.05) is 20.2 Å². The van der Waals surface area contributed by atoms with E-state index in [-0.39, 0.29) is 16.8 Å². The topological polar surface area (TPSA) is 83.9 Å². The first-order valence-corrected chi connectivity index (χ1v) is 12.2. The Balaban J connectivity index is 1.81. The van der Waals surface area contributed by atoms with Crippen molar-refractivity contribution < 1.29 is 18.7 Å². The Labute approximate surface area is 206 Å². The molecule has 180 valence electrons. The fraction of sp³-hybridized carbons (Fsp3) is 0.417. The minimum Gasteiger partial charge on any atom is -0.466 e. The zero-order valence-corrected chi connectivity index (χ0v) is 21.0. The monoisotopic (exact) mass is 504 g/mol. The van der Waals surface area contributed by atoms with Gasteiger partial charge in [0.05, 0.1) is 12.7 Å². The number of methoxy groups -OCH3 is 1. The molecule has 0 radical (unpaired) electrons. The summed E-state index contributed by atoms with van der Waals surface area (Å²) in [6, 6.07) is 3.20. The highest BCUT2D eigenvalue weighted by Gasteiger charge is 2.40. The van der Waals surface area contributed by atoms with Crippen molar-refractivity contribution in [1.82, 2.24) is 15.2 Å². The maximum absolute atomic E-state index is 13.8. The molecule has 10 heteroatoms. The molecule has 1 saturated heterocycles. The molecule has 0 saturated carbocycles. The molecule has 2 atom stereocenters. The fourth-order valence-corrected chi connectivity index (χ4v) is 5.13. The van der Waals surface area contributed by atoms with Crippen LogP contribution in [0, 0.1) is 17.2 Å². The van der Waals surface area contributed by atoms with Crippen LogP contribution in [0.3, 0.4) is 0 Å². The number of amidine groups is 1. The lowest BCUT2D eigenvalue weighted by Crippen LogP contribution is -2.40. The van der Waals surface area contributed by atoms with Gasteiger partial charge < -0.3 is 15.0 Å². The van der Waals surface area contributed by atoms with Gasteiger partial charge in [-0.25, -0.2) is 14.2 Å². The van der Waals surface area contributed by atoms with E-state index in [0.717, 1.165) is 0 Å². The number of aliphatic imine (C=N–C) groups is 1. The molecule has 34 heavy (non-hydrogen) atoms. The number of esters is 1. The van der Waals surface area contributed by atoms with Crippen LogP contribution in [0.4, 0.5) is 4.39 Å². The molecular weight excluding hydrogens is 479 g/mol. The Bertz CT molecular complexity index is 1170. The SMILES string of the molecule is COC(=O)C1=C(C2CCN(C(=O)C(C)(C)C)C2)NC(c2nccs2)=NC1c1ccc(F)cc1Cl. The van der Waals surface area contributed by atoms with E-state index in [9.17, 15) is 14.0 Å². The average molecular weight is 505 g/mol. The van der Waals surface area contributed by atoms with E-state index in [0.29, 0.717) is 47.2 Å². The molecule has 0 aliphatic carbocycles. The Kier molecular flexibility index (Phi) is 6.78. The quantitative estimate of drug-likeness (QED) is 0.626. The standard InChI is InChI=1S/C24H26ClFN4O3S/c1-24(2,3)23(32)30-9-7-13(12-30)18-17(22(31)33-4)19(15-6-5-14(26)11-16(15)25)29-20(28-18)21-27-8-10-34-21/h5-6,8,10-11,13,19H,7,9,12H2,1-4H3,(H,28,29). The van der Waals surface area contributed by atoms with Crippen LogP contribution in [0.5, 0.6) is 0 Å². The predicted octanol–water partition coefficient (Wildman–Crippen LogP) is 4.35. The van der Waals surface area contributed by atoms with Crippen LogP contribution in [-0.2, 0) is 14.3 Å². The summed E-state index contributed by atoms with van der Waals surface area (Å²) in [7, 11) is 1.31. The molecule has 4 rings (SSSR count). The average Bonchev–Trinajstić information content (AvgIpc) is 3.49. The number of nitrogens with one attached hydrogen (secondary N) is 1. The molecule has 2 aliphatic rings. The van der Waals surface area contributed by atoms with Gasteiger partial charge in [0.25, 0.3) is 0 Å². The van der Waals surface area contributed by atoms with Gasteiger partial charge in [0.1, 0.15) is 11.9 Å². The molecule has 1 fully saturated rings. The Morgan fingerprint density at radius 2 is 2.09 bits per heavy atom. The third-order valence-electron chi connectivity index (χ3n) is 5.90. The van der Waals surface area contributed by atoms with E-state index >= 15 is 0 Å². The van der Waals surface area contributed by atoms with Crippen molar-refractivity contribution in [2.24, 2.45) is 16.3 Å². The number of nitrogens with zero attached hydrogens (tertiary/aromatic N) is 3. The number of halogens is 2. The minimum atomic E-state index is -0.817. The summed E-state index contributed by atoms with van der Waals surface area (Å²) < 4.78 is 18.9. The number of carbonyl (C=O) groups is 2. The number of aromatic nitrogens is 1. The molecule has 2 aromatic rings. The second-order valence-corrected chi connectivity index (χ2v) is 10.6. The van der Waals surface area contributed by atoms with Gasteiger partial charge in [-0.15, -0.1) is 11.3 Å². The molecule has 1 aromatic carbocycles. The highest BCUT2D eigenvalue weighted by atomic mass is 35.5. The number of thiazole rings is 1. The Hall–Kier alpha value is -2.78. The number of ether oxygens (including phenoxy) is 1. The summed E-state index contributed by atoms with van der Waals surface area (Å²) in [5, 5.41) is 5.95. The first-order chi connectivity index (χ1) is 16.1. The first-order valence-electron chi connectivity index (χ1n) is 10.9. The summed E-state index contributed by atoms with van der Waals surface area (Å²) in [4.78, 5) is 36.9. The van der Waals surface area contributed by atoms with Crippen molar-refractivity contribution in [3.05, 3.63) is 62.5 Å². The number of benzene rings is 1. The summed E-state index contributed by atoms with van der Waals surface area (Å²) in [5.74, 6) is -0.646. The maximum atomic E-state index is 13.8. The van der Waals surface area contributed by atoms with Crippen molar-refractivity contribution in [3.8, 4) is 0 Å². The number of rotatable bonds is 4. The molecule has 2 aliphatic heterocycles. The lowest BCUT2D eigenvalue weighted by atomic mass is 9.90. The van der Waals surface area contributed by atoms with Crippen LogP contribution in [-0.4, -0.2) is 47.8 Å². The van der Waals surface area contributed by atoms with Crippen LogP contribution >= 0.6 is 22.9 Å². The summed E-state index contributed by atoms with van der Waals surface area (Å²) >= 11 is 7.80. The number of carbonyl (C=O) groups excluding carboxylic acids is 2. The van der Waals surface area contributed by atoms with Crippen LogP contribution in [0.25, 0.3) is 0 Å². The lowest BCUT2D eigenvalue weighted by Gasteiger charge is -2.30. The third-order valence-corrected chi connectivity index (χ3v) is 7.00. The van der Waals surface area contributed by atoms with Crippen molar-refractivity contribution in [2.45, 2.75) is 33.2 Å². The molecule has 3 heterocycles.